The molecular weight excluding hydrogens is 386 g/mol. The highest BCUT2D eigenvalue weighted by Crippen LogP contribution is 2.36. The molecule has 3 aromatic rings. The van der Waals surface area contributed by atoms with E-state index in [0.717, 1.165) is 27.3 Å². The number of fused-ring (bicyclic) bond motifs is 1. The van der Waals surface area contributed by atoms with Gasteiger partial charge in [0, 0.05) is 23.5 Å². The van der Waals surface area contributed by atoms with Gasteiger partial charge in [0.25, 0.3) is 0 Å². The predicted octanol–water partition coefficient (Wildman–Crippen LogP) is 4.84. The van der Waals surface area contributed by atoms with Crippen LogP contribution in [0.15, 0.2) is 41.3 Å². The molecule has 0 aliphatic heterocycles. The molecule has 0 saturated heterocycles. The molecule has 1 aromatic carbocycles. The first-order valence-electron chi connectivity index (χ1n) is 7.87. The van der Waals surface area contributed by atoms with Gasteiger partial charge in [0.15, 0.2) is 0 Å². The lowest BCUT2D eigenvalue weighted by Gasteiger charge is -2.20. The van der Waals surface area contributed by atoms with Crippen molar-refractivity contribution in [1.29, 1.82) is 0 Å². The highest BCUT2D eigenvalue weighted by Gasteiger charge is 2.10. The zero-order valence-corrected chi connectivity index (χ0v) is 16.4. The van der Waals surface area contributed by atoms with Crippen LogP contribution in [0.4, 0.5) is 0 Å². The molecular formula is C18H20BrN3OS. The van der Waals surface area contributed by atoms with Crippen LogP contribution >= 0.6 is 27.3 Å². The maximum atomic E-state index is 5.90. The molecule has 2 heterocycles. The zero-order valence-electron chi connectivity index (χ0n) is 14.0. The third-order valence-electron chi connectivity index (χ3n) is 3.98. The Morgan fingerprint density at radius 2 is 2.12 bits per heavy atom. The van der Waals surface area contributed by atoms with Gasteiger partial charge < -0.3 is 9.64 Å². The Morgan fingerprint density at radius 1 is 1.29 bits per heavy atom. The summed E-state index contributed by atoms with van der Waals surface area (Å²) in [6.07, 6.45) is 3.34. The van der Waals surface area contributed by atoms with E-state index in [1.54, 1.807) is 23.9 Å². The van der Waals surface area contributed by atoms with E-state index in [9.17, 15) is 0 Å². The molecule has 0 radical (unpaired) electrons. The van der Waals surface area contributed by atoms with Crippen LogP contribution in [0.1, 0.15) is 13.8 Å². The number of rotatable bonds is 6. The van der Waals surface area contributed by atoms with Gasteiger partial charge in [-0.3, -0.25) is 0 Å². The van der Waals surface area contributed by atoms with E-state index in [-0.39, 0.29) is 0 Å². The van der Waals surface area contributed by atoms with Crippen molar-refractivity contribution in [2.24, 2.45) is 0 Å². The molecule has 0 fully saturated rings. The molecule has 2 aromatic heterocycles. The summed E-state index contributed by atoms with van der Waals surface area (Å²) < 4.78 is 8.03. The van der Waals surface area contributed by atoms with Gasteiger partial charge >= 0.3 is 0 Å². The average molecular weight is 406 g/mol. The van der Waals surface area contributed by atoms with Gasteiger partial charge in [-0.15, -0.1) is 11.3 Å². The SMILES string of the molecule is CC(C)N(C)CCOc1ccc2sc(-c3ncncc3Br)cc2c1. The number of aromatic nitrogens is 2. The van der Waals surface area contributed by atoms with Crippen LogP contribution in [-0.4, -0.2) is 41.1 Å². The number of likely N-dealkylation sites (N-methyl/N-ethyl adjacent to an activating group) is 1. The standard InChI is InChI=1S/C18H20BrN3OS/c1-12(2)22(3)6-7-23-14-4-5-16-13(8-14)9-17(24-16)18-15(19)10-20-11-21-18/h4-5,8-12H,6-7H2,1-3H3. The van der Waals surface area contributed by atoms with Crippen LogP contribution in [0.5, 0.6) is 5.75 Å². The molecule has 0 unspecified atom stereocenters. The molecule has 0 atom stereocenters. The van der Waals surface area contributed by atoms with E-state index in [0.29, 0.717) is 12.6 Å². The van der Waals surface area contributed by atoms with E-state index in [1.807, 2.05) is 6.07 Å². The lowest BCUT2D eigenvalue weighted by Crippen LogP contribution is -2.30. The van der Waals surface area contributed by atoms with E-state index >= 15 is 0 Å². The van der Waals surface area contributed by atoms with Gasteiger partial charge in [-0.1, -0.05) is 0 Å². The molecule has 126 valence electrons. The molecule has 6 heteroatoms. The second kappa shape index (κ2) is 7.59. The van der Waals surface area contributed by atoms with Crippen LogP contribution < -0.4 is 4.74 Å². The lowest BCUT2D eigenvalue weighted by molar-refractivity contribution is 0.208. The van der Waals surface area contributed by atoms with Gasteiger partial charge in [0.1, 0.15) is 18.7 Å². The molecule has 0 bridgehead atoms. The summed E-state index contributed by atoms with van der Waals surface area (Å²) in [6, 6.07) is 8.93. The average Bonchev–Trinajstić information content (AvgIpc) is 2.98. The molecule has 0 amide bonds. The number of ether oxygens (including phenoxy) is 1. The topological polar surface area (TPSA) is 38.2 Å². The second-order valence-corrected chi connectivity index (χ2v) is 7.89. The molecule has 24 heavy (non-hydrogen) atoms. The summed E-state index contributed by atoms with van der Waals surface area (Å²) in [5.41, 5.74) is 0.923. The van der Waals surface area contributed by atoms with Crippen molar-refractivity contribution < 1.29 is 4.74 Å². The highest BCUT2D eigenvalue weighted by molar-refractivity contribution is 9.10. The number of benzene rings is 1. The van der Waals surface area contributed by atoms with Crippen LogP contribution in [0.2, 0.25) is 0 Å². The normalized spacial score (nSPS) is 11.6. The van der Waals surface area contributed by atoms with E-state index in [1.165, 1.54) is 10.1 Å². The summed E-state index contributed by atoms with van der Waals surface area (Å²) in [4.78, 5) is 11.8. The van der Waals surface area contributed by atoms with Crippen molar-refractivity contribution in [3.8, 4) is 16.3 Å². The van der Waals surface area contributed by atoms with Gasteiger partial charge in [-0.2, -0.15) is 0 Å². The van der Waals surface area contributed by atoms with Crippen LogP contribution in [0, 0.1) is 0 Å². The summed E-state index contributed by atoms with van der Waals surface area (Å²) in [5, 5.41) is 1.18. The van der Waals surface area contributed by atoms with Crippen LogP contribution in [-0.2, 0) is 0 Å². The predicted molar refractivity (Wildman–Crippen MR) is 104 cm³/mol. The monoisotopic (exact) mass is 405 g/mol. The summed E-state index contributed by atoms with van der Waals surface area (Å²) in [5.74, 6) is 0.908. The summed E-state index contributed by atoms with van der Waals surface area (Å²) in [7, 11) is 2.11. The number of nitrogens with zero attached hydrogens (tertiary/aromatic N) is 3. The maximum absolute atomic E-state index is 5.90. The summed E-state index contributed by atoms with van der Waals surface area (Å²) in [6.45, 7) is 5.97. The highest BCUT2D eigenvalue weighted by atomic mass is 79.9. The van der Waals surface area contributed by atoms with E-state index < -0.39 is 0 Å². The number of halogens is 1. The molecule has 4 nitrogen and oxygen atoms in total. The number of hydrogen-bond acceptors (Lipinski definition) is 5. The molecule has 0 N–H and O–H groups in total. The lowest BCUT2D eigenvalue weighted by atomic mass is 10.2. The molecule has 0 aliphatic rings. The van der Waals surface area contributed by atoms with Crippen molar-refractivity contribution in [3.05, 3.63) is 41.3 Å². The van der Waals surface area contributed by atoms with Gasteiger partial charge in [0.2, 0.25) is 0 Å². The minimum atomic E-state index is 0.529. The molecule has 0 saturated carbocycles. The maximum Gasteiger partial charge on any atom is 0.120 e. The van der Waals surface area contributed by atoms with Crippen molar-refractivity contribution in [1.82, 2.24) is 14.9 Å². The Kier molecular flexibility index (Phi) is 5.48. The first-order chi connectivity index (χ1) is 11.5. The molecule has 0 aliphatic carbocycles. The number of hydrogen-bond donors (Lipinski definition) is 0. The molecule has 0 spiro atoms. The Bertz CT molecular complexity index is 834. The minimum Gasteiger partial charge on any atom is -0.492 e. The van der Waals surface area contributed by atoms with Crippen molar-refractivity contribution >= 4 is 37.4 Å². The Balaban J connectivity index is 1.76. The first-order valence-corrected chi connectivity index (χ1v) is 9.48. The van der Waals surface area contributed by atoms with Gasteiger partial charge in [-0.25, -0.2) is 9.97 Å². The van der Waals surface area contributed by atoms with E-state index in [2.05, 4.69) is 69.9 Å². The van der Waals surface area contributed by atoms with Gasteiger partial charge in [0.05, 0.1) is 15.0 Å². The van der Waals surface area contributed by atoms with Crippen LogP contribution in [0.3, 0.4) is 0 Å². The van der Waals surface area contributed by atoms with Crippen LogP contribution in [0.25, 0.3) is 20.7 Å². The van der Waals surface area contributed by atoms with Crippen molar-refractivity contribution in [3.63, 3.8) is 0 Å². The number of thiophene rings is 1. The Morgan fingerprint density at radius 3 is 2.88 bits per heavy atom. The van der Waals surface area contributed by atoms with Gasteiger partial charge in [-0.05, 0) is 66.5 Å². The largest absolute Gasteiger partial charge is 0.492 e. The molecule has 3 rings (SSSR count). The zero-order chi connectivity index (χ0) is 17.1. The smallest absolute Gasteiger partial charge is 0.120 e. The quantitative estimate of drug-likeness (QED) is 0.587. The van der Waals surface area contributed by atoms with E-state index in [4.69, 9.17) is 4.74 Å². The first kappa shape index (κ1) is 17.3. The second-order valence-electron chi connectivity index (χ2n) is 5.95. The third-order valence-corrected chi connectivity index (χ3v) is 5.69. The van der Waals surface area contributed by atoms with Crippen molar-refractivity contribution in [2.75, 3.05) is 20.2 Å². The fourth-order valence-corrected chi connectivity index (χ4v) is 3.91. The third kappa shape index (κ3) is 3.94. The van der Waals surface area contributed by atoms with Crippen molar-refractivity contribution in [2.45, 2.75) is 19.9 Å². The Labute approximate surface area is 154 Å². The summed E-state index contributed by atoms with van der Waals surface area (Å²) >= 11 is 5.24. The fraction of sp³-hybridized carbons (Fsp3) is 0.333. The Hall–Kier alpha value is -1.50. The fourth-order valence-electron chi connectivity index (χ4n) is 2.29. The minimum absolute atomic E-state index is 0.529.